The van der Waals surface area contributed by atoms with Gasteiger partial charge in [-0.3, -0.25) is 0 Å². The third kappa shape index (κ3) is 5.34. The highest BCUT2D eigenvalue weighted by atomic mass is 79.9. The van der Waals surface area contributed by atoms with E-state index < -0.39 is 18.2 Å². The van der Waals surface area contributed by atoms with Gasteiger partial charge in [0.25, 0.3) is 0 Å². The second-order valence-electron chi connectivity index (χ2n) is 6.86. The minimum absolute atomic E-state index is 0.0690. The van der Waals surface area contributed by atoms with Gasteiger partial charge in [-0.25, -0.2) is 8.42 Å². The van der Waals surface area contributed by atoms with Crippen LogP contribution >= 0.6 is 27.5 Å². The Hall–Kier alpha value is 0.117. The summed E-state index contributed by atoms with van der Waals surface area (Å²) in [6, 6.07) is 4.71. The van der Waals surface area contributed by atoms with Crippen molar-refractivity contribution in [3.63, 3.8) is 0 Å². The molecule has 0 saturated carbocycles. The van der Waals surface area contributed by atoms with Gasteiger partial charge in [-0.15, -0.1) is 0 Å². The molecule has 0 aliphatic heterocycles. The lowest BCUT2D eigenvalue weighted by atomic mass is 10.2. The Bertz CT molecular complexity index is 624. The minimum atomic E-state index is -3.32. The summed E-state index contributed by atoms with van der Waals surface area (Å²) >= 11 is 9.22. The van der Waals surface area contributed by atoms with Crippen molar-refractivity contribution in [2.75, 3.05) is 12.4 Å². The summed E-state index contributed by atoms with van der Waals surface area (Å²) in [7, 11) is -5.14. The van der Waals surface area contributed by atoms with Crippen LogP contribution in [0.2, 0.25) is 23.2 Å². The highest BCUT2D eigenvalue weighted by Crippen LogP contribution is 2.36. The van der Waals surface area contributed by atoms with Crippen molar-refractivity contribution in [2.24, 2.45) is 0 Å². The predicted molar refractivity (Wildman–Crippen MR) is 99.0 cm³/mol. The fourth-order valence-corrected chi connectivity index (χ4v) is 4.47. The highest BCUT2D eigenvalue weighted by Gasteiger charge is 2.36. The summed E-state index contributed by atoms with van der Waals surface area (Å²) < 4.78 is 31.3. The first-order valence-electron chi connectivity index (χ1n) is 7.18. The predicted octanol–water partition coefficient (Wildman–Crippen LogP) is 5.29. The van der Waals surface area contributed by atoms with Crippen molar-refractivity contribution in [1.82, 2.24) is 0 Å². The molecule has 0 bridgehead atoms. The maximum Gasteiger partial charge on any atom is 0.191 e. The van der Waals surface area contributed by atoms with Gasteiger partial charge in [-0.2, -0.15) is 0 Å². The first-order chi connectivity index (χ1) is 9.87. The maximum absolute atomic E-state index is 12.3. The molecular formula is C15H24BrClO3SSi. The van der Waals surface area contributed by atoms with Gasteiger partial charge in [0.1, 0.15) is 0 Å². The van der Waals surface area contributed by atoms with Crippen molar-refractivity contribution in [2.45, 2.75) is 50.2 Å². The van der Waals surface area contributed by atoms with Crippen LogP contribution in [0.15, 0.2) is 27.6 Å². The fourth-order valence-electron chi connectivity index (χ4n) is 1.58. The summed E-state index contributed by atoms with van der Waals surface area (Å²) in [4.78, 5) is 0.257. The van der Waals surface area contributed by atoms with E-state index in [0.29, 0.717) is 22.5 Å². The number of benzene rings is 1. The van der Waals surface area contributed by atoms with Gasteiger partial charge in [-0.05, 0) is 58.7 Å². The SMILES string of the molecule is CC(C)(C)[Si](C)(C)OCCCS(=O)(=O)c1ccc(Br)c(Cl)c1. The molecule has 0 aromatic heterocycles. The molecule has 0 heterocycles. The van der Waals surface area contributed by atoms with Crippen LogP contribution in [0.5, 0.6) is 0 Å². The molecule has 1 rings (SSSR count). The molecule has 0 saturated heterocycles. The van der Waals surface area contributed by atoms with E-state index in [1.54, 1.807) is 12.1 Å². The normalized spacial score (nSPS) is 13.4. The van der Waals surface area contributed by atoms with E-state index in [0.717, 1.165) is 0 Å². The van der Waals surface area contributed by atoms with Gasteiger partial charge >= 0.3 is 0 Å². The van der Waals surface area contributed by atoms with Crippen LogP contribution in [0, 0.1) is 0 Å². The van der Waals surface area contributed by atoms with Crippen molar-refractivity contribution >= 4 is 45.7 Å². The summed E-state index contributed by atoms with van der Waals surface area (Å²) in [6.45, 7) is 11.3. The van der Waals surface area contributed by atoms with Crippen molar-refractivity contribution in [3.8, 4) is 0 Å². The third-order valence-electron chi connectivity index (χ3n) is 4.08. The Morgan fingerprint density at radius 3 is 2.36 bits per heavy atom. The van der Waals surface area contributed by atoms with Crippen LogP contribution in [0.3, 0.4) is 0 Å². The lowest BCUT2D eigenvalue weighted by molar-refractivity contribution is 0.288. The molecule has 1 aromatic carbocycles. The zero-order valence-corrected chi connectivity index (χ0v) is 17.9. The Balaban J connectivity index is 2.62. The average molecular weight is 428 g/mol. The Labute approximate surface area is 148 Å². The molecule has 0 radical (unpaired) electrons. The second-order valence-corrected chi connectivity index (χ2v) is 15.0. The topological polar surface area (TPSA) is 43.4 Å². The number of sulfone groups is 1. The zero-order chi connectivity index (χ0) is 17.2. The van der Waals surface area contributed by atoms with E-state index in [1.807, 2.05) is 0 Å². The molecule has 7 heteroatoms. The van der Waals surface area contributed by atoms with Crippen LogP contribution in [0.4, 0.5) is 0 Å². The molecule has 0 unspecified atom stereocenters. The summed E-state index contributed by atoms with van der Waals surface area (Å²) in [6.07, 6.45) is 0.489. The molecular weight excluding hydrogens is 404 g/mol. The van der Waals surface area contributed by atoms with Gasteiger partial charge in [0, 0.05) is 11.1 Å². The van der Waals surface area contributed by atoms with Crippen molar-refractivity contribution < 1.29 is 12.8 Å². The molecule has 22 heavy (non-hydrogen) atoms. The average Bonchev–Trinajstić information content (AvgIpc) is 2.36. The number of halogens is 2. The Kier molecular flexibility index (Phi) is 6.73. The van der Waals surface area contributed by atoms with E-state index >= 15 is 0 Å². The van der Waals surface area contributed by atoms with Crippen LogP contribution in [-0.2, 0) is 14.3 Å². The zero-order valence-electron chi connectivity index (χ0n) is 13.7. The number of rotatable bonds is 6. The van der Waals surface area contributed by atoms with Crippen LogP contribution in [0.25, 0.3) is 0 Å². The molecule has 1 aromatic rings. The van der Waals surface area contributed by atoms with Gasteiger partial charge < -0.3 is 4.43 Å². The fraction of sp³-hybridized carbons (Fsp3) is 0.600. The molecule has 0 aliphatic carbocycles. The van der Waals surface area contributed by atoms with Gasteiger partial charge in [0.2, 0.25) is 0 Å². The van der Waals surface area contributed by atoms with Crippen LogP contribution in [0.1, 0.15) is 27.2 Å². The quantitative estimate of drug-likeness (QED) is 0.457. The van der Waals surface area contributed by atoms with Gasteiger partial charge in [0.05, 0.1) is 15.7 Å². The minimum Gasteiger partial charge on any atom is -0.417 e. The van der Waals surface area contributed by atoms with E-state index in [-0.39, 0.29) is 15.7 Å². The smallest absolute Gasteiger partial charge is 0.191 e. The molecule has 0 amide bonds. The molecule has 0 aliphatic rings. The number of hydrogen-bond acceptors (Lipinski definition) is 3. The lowest BCUT2D eigenvalue weighted by Gasteiger charge is -2.36. The summed E-state index contributed by atoms with van der Waals surface area (Å²) in [5.41, 5.74) is 0. The Morgan fingerprint density at radius 2 is 1.86 bits per heavy atom. The van der Waals surface area contributed by atoms with Crippen LogP contribution < -0.4 is 0 Å². The van der Waals surface area contributed by atoms with Gasteiger partial charge in [-0.1, -0.05) is 32.4 Å². The first-order valence-corrected chi connectivity index (χ1v) is 12.9. The Morgan fingerprint density at radius 1 is 1.27 bits per heavy atom. The first kappa shape index (κ1) is 20.2. The molecule has 0 spiro atoms. The van der Waals surface area contributed by atoms with E-state index in [1.165, 1.54) is 6.07 Å². The van der Waals surface area contributed by atoms with Crippen molar-refractivity contribution in [1.29, 1.82) is 0 Å². The van der Waals surface area contributed by atoms with E-state index in [9.17, 15) is 8.42 Å². The van der Waals surface area contributed by atoms with E-state index in [2.05, 4.69) is 49.8 Å². The second kappa shape index (κ2) is 7.34. The number of hydrogen-bond donors (Lipinski definition) is 0. The maximum atomic E-state index is 12.3. The summed E-state index contributed by atoms with van der Waals surface area (Å²) in [5, 5.41) is 0.532. The monoisotopic (exact) mass is 426 g/mol. The van der Waals surface area contributed by atoms with E-state index in [4.69, 9.17) is 16.0 Å². The standard InChI is InChI=1S/C15H24BrClO3SSi/c1-15(2,3)22(4,5)20-9-6-10-21(18,19)12-7-8-13(16)14(17)11-12/h7-8,11H,6,9-10H2,1-5H3. The summed E-state index contributed by atoms with van der Waals surface area (Å²) in [5.74, 6) is 0.0690. The lowest BCUT2D eigenvalue weighted by Crippen LogP contribution is -2.41. The van der Waals surface area contributed by atoms with Gasteiger partial charge in [0.15, 0.2) is 18.2 Å². The third-order valence-corrected chi connectivity index (χ3v) is 11.6. The molecule has 126 valence electrons. The molecule has 3 nitrogen and oxygen atoms in total. The van der Waals surface area contributed by atoms with Crippen LogP contribution in [-0.4, -0.2) is 29.1 Å². The molecule has 0 atom stereocenters. The van der Waals surface area contributed by atoms with Crippen molar-refractivity contribution in [3.05, 3.63) is 27.7 Å². The molecule has 0 fully saturated rings. The molecule has 0 N–H and O–H groups in total. The largest absolute Gasteiger partial charge is 0.417 e. The highest BCUT2D eigenvalue weighted by molar-refractivity contribution is 9.10.